The Hall–Kier alpha value is -3.35. The fourth-order valence-electron chi connectivity index (χ4n) is 2.23. The molecule has 112 valence electrons. The van der Waals surface area contributed by atoms with Gasteiger partial charge in [0.2, 0.25) is 0 Å². The first-order valence-electron chi connectivity index (χ1n) is 6.94. The Morgan fingerprint density at radius 2 is 1.87 bits per heavy atom. The molecule has 4 aromatic rings. The number of benzene rings is 1. The predicted octanol–water partition coefficient (Wildman–Crippen LogP) is 3.09. The van der Waals surface area contributed by atoms with Crippen molar-refractivity contribution in [3.05, 3.63) is 67.0 Å². The van der Waals surface area contributed by atoms with E-state index in [0.717, 1.165) is 5.52 Å². The highest BCUT2D eigenvalue weighted by atomic mass is 19.1. The summed E-state index contributed by atoms with van der Waals surface area (Å²) in [4.78, 5) is 12.7. The molecule has 1 aromatic carbocycles. The van der Waals surface area contributed by atoms with Crippen molar-refractivity contribution in [2.24, 2.45) is 0 Å². The molecule has 0 saturated heterocycles. The van der Waals surface area contributed by atoms with Crippen LogP contribution in [0.25, 0.3) is 16.9 Å². The quantitative estimate of drug-likeness (QED) is 0.630. The van der Waals surface area contributed by atoms with Crippen LogP contribution in [0.15, 0.2) is 61.2 Å². The number of para-hydroxylation sites is 1. The Labute approximate surface area is 130 Å². The highest BCUT2D eigenvalue weighted by molar-refractivity contribution is 5.72. The van der Waals surface area contributed by atoms with E-state index in [1.54, 1.807) is 49.1 Å². The van der Waals surface area contributed by atoms with Gasteiger partial charge in [0, 0.05) is 12.4 Å². The van der Waals surface area contributed by atoms with Gasteiger partial charge >= 0.3 is 0 Å². The average Bonchev–Trinajstić information content (AvgIpc) is 3.03. The van der Waals surface area contributed by atoms with Gasteiger partial charge in [0.15, 0.2) is 5.65 Å². The van der Waals surface area contributed by atoms with Crippen LogP contribution in [-0.2, 0) is 0 Å². The van der Waals surface area contributed by atoms with Crippen LogP contribution in [0.2, 0.25) is 0 Å². The predicted molar refractivity (Wildman–Crippen MR) is 84.1 cm³/mol. The largest absolute Gasteiger partial charge is 0.338 e. The summed E-state index contributed by atoms with van der Waals surface area (Å²) in [7, 11) is 0. The summed E-state index contributed by atoms with van der Waals surface area (Å²) in [6, 6.07) is 10.1. The zero-order valence-electron chi connectivity index (χ0n) is 11.9. The zero-order chi connectivity index (χ0) is 15.6. The highest BCUT2D eigenvalue weighted by Gasteiger charge is 2.07. The van der Waals surface area contributed by atoms with Gasteiger partial charge in [0.1, 0.15) is 22.8 Å². The van der Waals surface area contributed by atoms with Crippen molar-refractivity contribution in [3.8, 4) is 5.69 Å². The van der Waals surface area contributed by atoms with Crippen LogP contribution >= 0.6 is 0 Å². The van der Waals surface area contributed by atoms with Crippen LogP contribution in [0.3, 0.4) is 0 Å². The molecule has 0 unspecified atom stereocenters. The molecule has 4 rings (SSSR count). The number of fused-ring (bicyclic) bond motifs is 1. The Kier molecular flexibility index (Phi) is 3.16. The van der Waals surface area contributed by atoms with E-state index in [4.69, 9.17) is 0 Å². The molecule has 6 nitrogen and oxygen atoms in total. The maximum absolute atomic E-state index is 13.8. The van der Waals surface area contributed by atoms with E-state index in [1.165, 1.54) is 10.7 Å². The van der Waals surface area contributed by atoms with Gasteiger partial charge in [-0.15, -0.1) is 0 Å². The van der Waals surface area contributed by atoms with Crippen molar-refractivity contribution in [1.82, 2.24) is 24.7 Å². The number of hydrogen-bond donors (Lipinski definition) is 1. The minimum Gasteiger partial charge on any atom is -0.338 e. The minimum atomic E-state index is -0.332. The van der Waals surface area contributed by atoms with E-state index in [2.05, 4.69) is 25.4 Å². The fraction of sp³-hybridized carbons (Fsp3) is 0. The summed E-state index contributed by atoms with van der Waals surface area (Å²) < 4.78 is 15.2. The molecule has 0 atom stereocenters. The van der Waals surface area contributed by atoms with Gasteiger partial charge in [-0.25, -0.2) is 19.0 Å². The van der Waals surface area contributed by atoms with Crippen molar-refractivity contribution in [1.29, 1.82) is 0 Å². The van der Waals surface area contributed by atoms with Gasteiger partial charge in [-0.3, -0.25) is 4.98 Å². The number of pyridine rings is 1. The Morgan fingerprint density at radius 1 is 1.00 bits per heavy atom. The molecule has 0 bridgehead atoms. The molecule has 0 aliphatic rings. The summed E-state index contributed by atoms with van der Waals surface area (Å²) in [6.45, 7) is 0. The summed E-state index contributed by atoms with van der Waals surface area (Å²) in [5.41, 5.74) is 2.36. The number of nitrogens with zero attached hydrogens (tertiary/aromatic N) is 5. The SMILES string of the molecule is Fc1ccccc1-n1cc(Nc2ccc3nccnc3n2)cn1. The second-order valence-corrected chi connectivity index (χ2v) is 4.85. The Morgan fingerprint density at radius 3 is 2.78 bits per heavy atom. The number of anilines is 2. The van der Waals surface area contributed by atoms with Crippen LogP contribution in [0.1, 0.15) is 0 Å². The fourth-order valence-corrected chi connectivity index (χ4v) is 2.23. The molecule has 3 aromatic heterocycles. The van der Waals surface area contributed by atoms with Gasteiger partial charge in [0.25, 0.3) is 0 Å². The zero-order valence-corrected chi connectivity index (χ0v) is 11.9. The molecule has 23 heavy (non-hydrogen) atoms. The summed E-state index contributed by atoms with van der Waals surface area (Å²) in [6.07, 6.45) is 6.51. The number of nitrogens with one attached hydrogen (secondary N) is 1. The molecular formula is C16H11FN6. The lowest BCUT2D eigenvalue weighted by Crippen LogP contribution is -1.97. The van der Waals surface area contributed by atoms with Crippen molar-refractivity contribution < 1.29 is 4.39 Å². The molecule has 0 saturated carbocycles. The second kappa shape index (κ2) is 5.45. The lowest BCUT2D eigenvalue weighted by atomic mass is 10.3. The average molecular weight is 306 g/mol. The molecule has 0 aliphatic heterocycles. The molecule has 0 spiro atoms. The molecule has 0 amide bonds. The van der Waals surface area contributed by atoms with Gasteiger partial charge in [-0.1, -0.05) is 12.1 Å². The lowest BCUT2D eigenvalue weighted by Gasteiger charge is -2.04. The first kappa shape index (κ1) is 13.3. The maximum Gasteiger partial charge on any atom is 0.180 e. The van der Waals surface area contributed by atoms with Crippen LogP contribution < -0.4 is 5.32 Å². The van der Waals surface area contributed by atoms with Crippen LogP contribution in [-0.4, -0.2) is 24.7 Å². The van der Waals surface area contributed by atoms with E-state index in [-0.39, 0.29) is 5.82 Å². The third kappa shape index (κ3) is 2.59. The van der Waals surface area contributed by atoms with Gasteiger partial charge in [-0.05, 0) is 24.3 Å². The molecule has 0 fully saturated rings. The lowest BCUT2D eigenvalue weighted by molar-refractivity contribution is 0.611. The maximum atomic E-state index is 13.8. The van der Waals surface area contributed by atoms with Crippen LogP contribution in [0.4, 0.5) is 15.9 Å². The van der Waals surface area contributed by atoms with E-state index in [1.807, 2.05) is 6.07 Å². The summed E-state index contributed by atoms with van der Waals surface area (Å²) in [5, 5.41) is 7.29. The summed E-state index contributed by atoms with van der Waals surface area (Å²) >= 11 is 0. The number of hydrogen-bond acceptors (Lipinski definition) is 5. The molecule has 1 N–H and O–H groups in total. The Balaban J connectivity index is 1.63. The second-order valence-electron chi connectivity index (χ2n) is 4.85. The molecular weight excluding hydrogens is 295 g/mol. The van der Waals surface area contributed by atoms with Gasteiger partial charge in [0.05, 0.1) is 18.1 Å². The number of rotatable bonds is 3. The third-order valence-corrected chi connectivity index (χ3v) is 3.29. The van der Waals surface area contributed by atoms with Crippen molar-refractivity contribution in [2.75, 3.05) is 5.32 Å². The normalized spacial score (nSPS) is 10.8. The van der Waals surface area contributed by atoms with Gasteiger partial charge < -0.3 is 5.32 Å². The highest BCUT2D eigenvalue weighted by Crippen LogP contribution is 2.19. The topological polar surface area (TPSA) is 68.5 Å². The molecule has 0 aliphatic carbocycles. The number of halogens is 1. The van der Waals surface area contributed by atoms with E-state index in [0.29, 0.717) is 22.8 Å². The number of aromatic nitrogens is 5. The van der Waals surface area contributed by atoms with Gasteiger partial charge in [-0.2, -0.15) is 5.10 Å². The van der Waals surface area contributed by atoms with E-state index >= 15 is 0 Å². The summed E-state index contributed by atoms with van der Waals surface area (Å²) in [5.74, 6) is 0.285. The smallest absolute Gasteiger partial charge is 0.180 e. The van der Waals surface area contributed by atoms with Crippen LogP contribution in [0.5, 0.6) is 0 Å². The van der Waals surface area contributed by atoms with E-state index < -0.39 is 0 Å². The molecule has 3 heterocycles. The first-order valence-corrected chi connectivity index (χ1v) is 6.94. The Bertz CT molecular complexity index is 981. The third-order valence-electron chi connectivity index (χ3n) is 3.29. The van der Waals surface area contributed by atoms with Crippen molar-refractivity contribution >= 4 is 22.7 Å². The first-order chi connectivity index (χ1) is 11.3. The van der Waals surface area contributed by atoms with Crippen molar-refractivity contribution in [3.63, 3.8) is 0 Å². The van der Waals surface area contributed by atoms with E-state index in [9.17, 15) is 4.39 Å². The van der Waals surface area contributed by atoms with Crippen LogP contribution in [0, 0.1) is 5.82 Å². The monoisotopic (exact) mass is 306 g/mol. The molecule has 0 radical (unpaired) electrons. The molecule has 7 heteroatoms. The van der Waals surface area contributed by atoms with Crippen molar-refractivity contribution in [2.45, 2.75) is 0 Å². The standard InChI is InChI=1S/C16H11FN6/c17-12-3-1-2-4-14(12)23-10-11(9-20-23)21-15-6-5-13-16(22-15)19-8-7-18-13/h1-10H,(H,19,21,22). The minimum absolute atomic E-state index is 0.332.